The summed E-state index contributed by atoms with van der Waals surface area (Å²) in [7, 11) is 0. The van der Waals surface area contributed by atoms with Crippen LogP contribution in [0.5, 0.6) is 0 Å². The number of rotatable bonds is 7. The van der Waals surface area contributed by atoms with Gasteiger partial charge in [-0.2, -0.15) is 0 Å². The van der Waals surface area contributed by atoms with Crippen LogP contribution in [0.15, 0.2) is 0 Å². The van der Waals surface area contributed by atoms with E-state index in [0.717, 1.165) is 31.7 Å². The first-order chi connectivity index (χ1) is 8.21. The summed E-state index contributed by atoms with van der Waals surface area (Å²) in [4.78, 5) is 2.05. The van der Waals surface area contributed by atoms with Gasteiger partial charge in [0.25, 0.3) is 0 Å². The lowest BCUT2D eigenvalue weighted by Gasteiger charge is -2.36. The summed E-state index contributed by atoms with van der Waals surface area (Å²) in [6, 6.07) is 0. The van der Waals surface area contributed by atoms with E-state index in [1.807, 2.05) is 4.90 Å². The van der Waals surface area contributed by atoms with Crippen LogP contribution >= 0.6 is 0 Å². The maximum atomic E-state index is 10.0. The van der Waals surface area contributed by atoms with Crippen LogP contribution in [0.2, 0.25) is 0 Å². The van der Waals surface area contributed by atoms with Crippen LogP contribution in [0.1, 0.15) is 32.6 Å². The predicted octanol–water partition coefficient (Wildman–Crippen LogP) is 0.460. The van der Waals surface area contributed by atoms with Crippen molar-refractivity contribution in [3.8, 4) is 0 Å². The van der Waals surface area contributed by atoms with E-state index in [2.05, 4.69) is 6.92 Å². The van der Waals surface area contributed by atoms with Gasteiger partial charge < -0.3 is 15.3 Å². The Morgan fingerprint density at radius 1 is 1.12 bits per heavy atom. The van der Waals surface area contributed by atoms with Crippen molar-refractivity contribution in [2.24, 2.45) is 11.8 Å². The average Bonchev–Trinajstić information content (AvgIpc) is 2.32. The van der Waals surface area contributed by atoms with Gasteiger partial charge >= 0.3 is 0 Å². The monoisotopic (exact) mass is 245 g/mol. The molecule has 0 radical (unpaired) electrons. The minimum atomic E-state index is -0.210. The molecule has 0 amide bonds. The third-order valence-corrected chi connectivity index (χ3v) is 3.95. The van der Waals surface area contributed by atoms with Crippen molar-refractivity contribution < 1.29 is 15.3 Å². The van der Waals surface area contributed by atoms with Gasteiger partial charge in [-0.05, 0) is 31.1 Å². The Hall–Kier alpha value is -0.160. The number of aliphatic hydroxyl groups is 3. The first kappa shape index (κ1) is 14.9. The largest absolute Gasteiger partial charge is 0.395 e. The van der Waals surface area contributed by atoms with Gasteiger partial charge in [-0.25, -0.2) is 0 Å². The summed E-state index contributed by atoms with van der Waals surface area (Å²) in [6.07, 6.45) is 4.08. The van der Waals surface area contributed by atoms with E-state index in [1.165, 1.54) is 6.42 Å². The number of hydrogen-bond acceptors (Lipinski definition) is 4. The second kappa shape index (κ2) is 8.03. The average molecular weight is 245 g/mol. The van der Waals surface area contributed by atoms with E-state index in [9.17, 15) is 5.11 Å². The van der Waals surface area contributed by atoms with Gasteiger partial charge in [0.05, 0.1) is 19.3 Å². The van der Waals surface area contributed by atoms with Crippen LogP contribution < -0.4 is 0 Å². The highest BCUT2D eigenvalue weighted by molar-refractivity contribution is 4.81. The van der Waals surface area contributed by atoms with Crippen molar-refractivity contribution in [3.63, 3.8) is 0 Å². The minimum absolute atomic E-state index is 0.111. The molecule has 1 rings (SSSR count). The van der Waals surface area contributed by atoms with E-state index in [1.54, 1.807) is 0 Å². The molecule has 0 aliphatic heterocycles. The molecule has 0 spiro atoms. The maximum absolute atomic E-state index is 10.0. The summed E-state index contributed by atoms with van der Waals surface area (Å²) < 4.78 is 0. The van der Waals surface area contributed by atoms with Crippen molar-refractivity contribution in [3.05, 3.63) is 0 Å². The molecule has 1 fully saturated rings. The molecule has 3 N–H and O–H groups in total. The molecular weight excluding hydrogens is 218 g/mol. The van der Waals surface area contributed by atoms with E-state index >= 15 is 0 Å². The van der Waals surface area contributed by atoms with E-state index in [4.69, 9.17) is 10.2 Å². The first-order valence-corrected chi connectivity index (χ1v) is 6.83. The van der Waals surface area contributed by atoms with Gasteiger partial charge in [-0.1, -0.05) is 13.3 Å². The highest BCUT2D eigenvalue weighted by Gasteiger charge is 2.29. The quantitative estimate of drug-likeness (QED) is 0.610. The number of nitrogens with zero attached hydrogens (tertiary/aromatic N) is 1. The lowest BCUT2D eigenvalue weighted by atomic mass is 9.78. The summed E-state index contributed by atoms with van der Waals surface area (Å²) in [5.41, 5.74) is 0. The molecule has 0 aromatic rings. The fourth-order valence-corrected chi connectivity index (χ4v) is 2.82. The van der Waals surface area contributed by atoms with Crippen LogP contribution in [-0.2, 0) is 0 Å². The number of aliphatic hydroxyl groups excluding tert-OH is 3. The molecule has 1 saturated carbocycles. The third-order valence-electron chi connectivity index (χ3n) is 3.95. The van der Waals surface area contributed by atoms with Gasteiger partial charge in [-0.3, -0.25) is 4.90 Å². The molecule has 0 bridgehead atoms. The summed E-state index contributed by atoms with van der Waals surface area (Å²) in [5.74, 6) is 1.03. The number of hydrogen-bond donors (Lipinski definition) is 3. The zero-order valence-electron chi connectivity index (χ0n) is 10.9. The summed E-state index contributed by atoms with van der Waals surface area (Å²) in [5, 5.41) is 28.0. The second-order valence-corrected chi connectivity index (χ2v) is 5.16. The van der Waals surface area contributed by atoms with Crippen molar-refractivity contribution in [1.82, 2.24) is 4.90 Å². The van der Waals surface area contributed by atoms with Gasteiger partial charge in [0.15, 0.2) is 0 Å². The van der Waals surface area contributed by atoms with Crippen LogP contribution in [0, 0.1) is 11.8 Å². The molecule has 4 heteroatoms. The third kappa shape index (κ3) is 4.92. The zero-order chi connectivity index (χ0) is 12.7. The van der Waals surface area contributed by atoms with Crippen molar-refractivity contribution in [1.29, 1.82) is 0 Å². The van der Waals surface area contributed by atoms with Crippen LogP contribution in [-0.4, -0.2) is 59.2 Å². The fourth-order valence-electron chi connectivity index (χ4n) is 2.82. The molecule has 1 aliphatic rings. The Morgan fingerprint density at radius 2 is 1.76 bits per heavy atom. The Morgan fingerprint density at radius 3 is 2.29 bits per heavy atom. The van der Waals surface area contributed by atoms with Crippen molar-refractivity contribution in [2.75, 3.05) is 32.8 Å². The smallest absolute Gasteiger partial charge is 0.0580 e. The molecule has 1 aliphatic carbocycles. The molecule has 102 valence electrons. The van der Waals surface area contributed by atoms with Crippen LogP contribution in [0.4, 0.5) is 0 Å². The summed E-state index contributed by atoms with van der Waals surface area (Å²) in [6.45, 7) is 4.39. The standard InChI is InChI=1S/C13H27NO3/c1-2-11-3-4-13(17)12(9-11)10-14(5-7-15)6-8-16/h11-13,15-17H,2-10H2,1H3. The minimum Gasteiger partial charge on any atom is -0.395 e. The topological polar surface area (TPSA) is 63.9 Å². The highest BCUT2D eigenvalue weighted by atomic mass is 16.3. The van der Waals surface area contributed by atoms with E-state index < -0.39 is 0 Å². The molecule has 0 aromatic heterocycles. The Kier molecular flexibility index (Phi) is 7.04. The molecule has 0 aromatic carbocycles. The first-order valence-electron chi connectivity index (χ1n) is 6.83. The Balaban J connectivity index is 2.44. The van der Waals surface area contributed by atoms with Crippen molar-refractivity contribution in [2.45, 2.75) is 38.7 Å². The van der Waals surface area contributed by atoms with Gasteiger partial charge in [0.1, 0.15) is 0 Å². The molecule has 3 atom stereocenters. The maximum Gasteiger partial charge on any atom is 0.0580 e. The van der Waals surface area contributed by atoms with E-state index in [0.29, 0.717) is 19.0 Å². The Bertz CT molecular complexity index is 195. The SMILES string of the molecule is CCC1CCC(O)C(CN(CCO)CCO)C1. The normalized spacial score (nSPS) is 29.8. The zero-order valence-corrected chi connectivity index (χ0v) is 10.9. The van der Waals surface area contributed by atoms with Crippen molar-refractivity contribution >= 4 is 0 Å². The fraction of sp³-hybridized carbons (Fsp3) is 1.00. The van der Waals surface area contributed by atoms with Crippen LogP contribution in [0.25, 0.3) is 0 Å². The highest BCUT2D eigenvalue weighted by Crippen LogP contribution is 2.31. The molecule has 3 unspecified atom stereocenters. The van der Waals surface area contributed by atoms with Gasteiger partial charge in [0, 0.05) is 19.6 Å². The Labute approximate surface area is 104 Å². The molecule has 17 heavy (non-hydrogen) atoms. The lowest BCUT2D eigenvalue weighted by Crippen LogP contribution is -2.41. The predicted molar refractivity (Wildman–Crippen MR) is 67.7 cm³/mol. The van der Waals surface area contributed by atoms with Crippen LogP contribution in [0.3, 0.4) is 0 Å². The molecule has 4 nitrogen and oxygen atoms in total. The molecular formula is C13H27NO3. The lowest BCUT2D eigenvalue weighted by molar-refractivity contribution is 0.0208. The van der Waals surface area contributed by atoms with E-state index in [-0.39, 0.29) is 19.3 Å². The van der Waals surface area contributed by atoms with Gasteiger partial charge in [-0.15, -0.1) is 0 Å². The summed E-state index contributed by atoms with van der Waals surface area (Å²) >= 11 is 0. The molecule has 0 heterocycles. The van der Waals surface area contributed by atoms with Gasteiger partial charge in [0.2, 0.25) is 0 Å². The second-order valence-electron chi connectivity index (χ2n) is 5.16. The molecule has 0 saturated heterocycles.